The zero-order chi connectivity index (χ0) is 22.2. The fourth-order valence-electron chi connectivity index (χ4n) is 4.14. The van der Waals surface area contributed by atoms with Crippen molar-refractivity contribution in [3.63, 3.8) is 0 Å². The molecule has 0 saturated heterocycles. The number of carbonyl (C=O) groups is 1. The van der Waals surface area contributed by atoms with Crippen LogP contribution in [0, 0.1) is 12.3 Å². The molecule has 3 atom stereocenters. The van der Waals surface area contributed by atoms with Crippen LogP contribution in [0.15, 0.2) is 42.5 Å². The first kappa shape index (κ1) is 23.0. The second-order valence-electron chi connectivity index (χ2n) is 7.57. The Morgan fingerprint density at radius 3 is 2.52 bits per heavy atom. The summed E-state index contributed by atoms with van der Waals surface area (Å²) in [5, 5.41) is 3.82. The molecule has 0 spiro atoms. The van der Waals surface area contributed by atoms with Gasteiger partial charge in [-0.15, -0.1) is 6.42 Å². The molecule has 164 valence electrons. The molecule has 1 amide bonds. The number of carbonyl (C=O) groups excluding carboxylic acids is 1. The van der Waals surface area contributed by atoms with Gasteiger partial charge in [-0.2, -0.15) is 0 Å². The van der Waals surface area contributed by atoms with Crippen LogP contribution in [0.25, 0.3) is 0 Å². The van der Waals surface area contributed by atoms with Crippen molar-refractivity contribution in [1.82, 2.24) is 5.32 Å². The Bertz CT molecular complexity index is 922. The molecule has 0 aromatic heterocycles. The Balaban J connectivity index is 1.81. The van der Waals surface area contributed by atoms with Crippen molar-refractivity contribution < 1.29 is 19.0 Å². The number of terminal acetylenes is 1. The summed E-state index contributed by atoms with van der Waals surface area (Å²) in [6, 6.07) is 13.0. The zero-order valence-corrected chi connectivity index (χ0v) is 18.7. The average molecular weight is 442 g/mol. The molecule has 0 aliphatic heterocycles. The van der Waals surface area contributed by atoms with Crippen LogP contribution in [0.1, 0.15) is 48.8 Å². The summed E-state index contributed by atoms with van der Waals surface area (Å²) in [7, 11) is 3.25. The van der Waals surface area contributed by atoms with Gasteiger partial charge in [0.2, 0.25) is 0 Å². The van der Waals surface area contributed by atoms with Crippen LogP contribution in [0.5, 0.6) is 11.5 Å². The van der Waals surface area contributed by atoms with Gasteiger partial charge in [0.25, 0.3) is 5.91 Å². The SMILES string of the molecule is C#CCOC(C(=O)N[C@@H]1CCCC[C@H]1c1ccc(OC)c(OC)c1)c1ccc(Cl)cc1. The fraction of sp³-hybridized carbons (Fsp3) is 0.400. The topological polar surface area (TPSA) is 56.8 Å². The molecule has 0 bridgehead atoms. The van der Waals surface area contributed by atoms with E-state index >= 15 is 0 Å². The van der Waals surface area contributed by atoms with Gasteiger partial charge < -0.3 is 19.5 Å². The normalized spacial score (nSPS) is 19.2. The van der Waals surface area contributed by atoms with Crippen molar-refractivity contribution in [2.75, 3.05) is 20.8 Å². The van der Waals surface area contributed by atoms with E-state index in [-0.39, 0.29) is 24.5 Å². The van der Waals surface area contributed by atoms with E-state index in [9.17, 15) is 4.79 Å². The first-order valence-corrected chi connectivity index (χ1v) is 10.8. The standard InChI is InChI=1S/C25H28ClNO4/c1-4-15-31-24(17-9-12-19(26)13-10-17)25(28)27-21-8-6-5-7-20(21)18-11-14-22(29-2)23(16-18)30-3/h1,9-14,16,20-21,24H,5-8,15H2,2-3H3,(H,27,28)/t20-,21+,24?/m0/s1. The van der Waals surface area contributed by atoms with Gasteiger partial charge in [-0.3, -0.25) is 4.79 Å². The third-order valence-corrected chi connectivity index (χ3v) is 5.93. The largest absolute Gasteiger partial charge is 0.493 e. The fourth-order valence-corrected chi connectivity index (χ4v) is 4.26. The highest BCUT2D eigenvalue weighted by Gasteiger charge is 2.31. The summed E-state index contributed by atoms with van der Waals surface area (Å²) in [6.07, 6.45) is 8.62. The van der Waals surface area contributed by atoms with Crippen LogP contribution in [-0.4, -0.2) is 32.8 Å². The quantitative estimate of drug-likeness (QED) is 0.592. The lowest BCUT2D eigenvalue weighted by Gasteiger charge is -2.34. The predicted molar refractivity (Wildman–Crippen MR) is 122 cm³/mol. The number of methoxy groups -OCH3 is 2. The Kier molecular flexibility index (Phi) is 8.22. The number of nitrogens with one attached hydrogen (secondary N) is 1. The molecule has 1 fully saturated rings. The Hall–Kier alpha value is -2.68. The van der Waals surface area contributed by atoms with E-state index in [0.29, 0.717) is 16.5 Å². The Morgan fingerprint density at radius 1 is 1.13 bits per heavy atom. The summed E-state index contributed by atoms with van der Waals surface area (Å²) in [5.41, 5.74) is 1.84. The monoisotopic (exact) mass is 441 g/mol. The number of rotatable bonds is 8. The summed E-state index contributed by atoms with van der Waals surface area (Å²) >= 11 is 6.00. The lowest BCUT2D eigenvalue weighted by molar-refractivity contribution is -0.133. The molecule has 5 nitrogen and oxygen atoms in total. The van der Waals surface area contributed by atoms with Gasteiger partial charge in [-0.25, -0.2) is 0 Å². The maximum absolute atomic E-state index is 13.2. The average Bonchev–Trinajstić information content (AvgIpc) is 2.80. The first-order valence-electron chi connectivity index (χ1n) is 10.4. The van der Waals surface area contributed by atoms with E-state index in [2.05, 4.69) is 11.2 Å². The summed E-state index contributed by atoms with van der Waals surface area (Å²) in [6.45, 7) is 0.0461. The highest BCUT2D eigenvalue weighted by atomic mass is 35.5. The number of benzene rings is 2. The molecule has 2 aromatic rings. The lowest BCUT2D eigenvalue weighted by Crippen LogP contribution is -2.43. The molecule has 2 aromatic carbocycles. The summed E-state index contributed by atoms with van der Waals surface area (Å²) < 4.78 is 16.5. The summed E-state index contributed by atoms with van der Waals surface area (Å²) in [5.74, 6) is 3.79. The minimum absolute atomic E-state index is 0.0106. The number of halogens is 1. The van der Waals surface area contributed by atoms with Gasteiger partial charge in [0, 0.05) is 17.0 Å². The maximum Gasteiger partial charge on any atom is 0.254 e. The molecular weight excluding hydrogens is 414 g/mol. The minimum atomic E-state index is -0.790. The lowest BCUT2D eigenvalue weighted by atomic mass is 9.79. The van der Waals surface area contributed by atoms with E-state index in [1.165, 1.54) is 0 Å². The van der Waals surface area contributed by atoms with Crippen molar-refractivity contribution in [3.05, 3.63) is 58.6 Å². The van der Waals surface area contributed by atoms with E-state index in [0.717, 1.165) is 36.8 Å². The van der Waals surface area contributed by atoms with Crippen LogP contribution < -0.4 is 14.8 Å². The highest BCUT2D eigenvalue weighted by Crippen LogP contribution is 2.38. The number of hydrogen-bond acceptors (Lipinski definition) is 4. The molecule has 1 unspecified atom stereocenters. The molecule has 3 rings (SSSR count). The van der Waals surface area contributed by atoms with Crippen LogP contribution in [0.2, 0.25) is 5.02 Å². The van der Waals surface area contributed by atoms with Crippen LogP contribution in [0.3, 0.4) is 0 Å². The van der Waals surface area contributed by atoms with E-state index in [1.54, 1.807) is 38.5 Å². The maximum atomic E-state index is 13.2. The van der Waals surface area contributed by atoms with E-state index < -0.39 is 6.10 Å². The van der Waals surface area contributed by atoms with Gasteiger partial charge in [-0.1, -0.05) is 48.6 Å². The van der Waals surface area contributed by atoms with Crippen molar-refractivity contribution in [1.29, 1.82) is 0 Å². The molecule has 6 heteroatoms. The van der Waals surface area contributed by atoms with Crippen LogP contribution >= 0.6 is 11.6 Å². The zero-order valence-electron chi connectivity index (χ0n) is 17.9. The van der Waals surface area contributed by atoms with Gasteiger partial charge >= 0.3 is 0 Å². The van der Waals surface area contributed by atoms with E-state index in [1.807, 2.05) is 18.2 Å². The smallest absolute Gasteiger partial charge is 0.254 e. The predicted octanol–water partition coefficient (Wildman–Crippen LogP) is 4.89. The van der Waals surface area contributed by atoms with E-state index in [4.69, 9.17) is 32.2 Å². The molecule has 31 heavy (non-hydrogen) atoms. The first-order chi connectivity index (χ1) is 15.1. The molecule has 1 saturated carbocycles. The number of amides is 1. The molecule has 1 aliphatic carbocycles. The van der Waals surface area contributed by atoms with Gasteiger partial charge in [0.1, 0.15) is 6.61 Å². The second kappa shape index (κ2) is 11.1. The second-order valence-corrected chi connectivity index (χ2v) is 8.00. The van der Waals surface area contributed by atoms with Crippen molar-refractivity contribution >= 4 is 17.5 Å². The molecule has 0 heterocycles. The van der Waals surface area contributed by atoms with Crippen molar-refractivity contribution in [2.45, 2.75) is 43.7 Å². The van der Waals surface area contributed by atoms with Crippen LogP contribution in [-0.2, 0) is 9.53 Å². The summed E-state index contributed by atoms with van der Waals surface area (Å²) in [4.78, 5) is 13.2. The van der Waals surface area contributed by atoms with Gasteiger partial charge in [0.15, 0.2) is 17.6 Å². The highest BCUT2D eigenvalue weighted by molar-refractivity contribution is 6.30. The Labute approximate surface area is 189 Å². The molecule has 0 radical (unpaired) electrons. The third kappa shape index (κ3) is 5.72. The van der Waals surface area contributed by atoms with Crippen molar-refractivity contribution in [2.24, 2.45) is 0 Å². The van der Waals surface area contributed by atoms with Gasteiger partial charge in [-0.05, 0) is 48.2 Å². The minimum Gasteiger partial charge on any atom is -0.493 e. The van der Waals surface area contributed by atoms with Gasteiger partial charge in [0.05, 0.1) is 14.2 Å². The molecular formula is C25H28ClNO4. The molecule has 1 aliphatic rings. The third-order valence-electron chi connectivity index (χ3n) is 5.67. The number of hydrogen-bond donors (Lipinski definition) is 1. The van der Waals surface area contributed by atoms with Crippen molar-refractivity contribution in [3.8, 4) is 23.8 Å². The van der Waals surface area contributed by atoms with Crippen LogP contribution in [0.4, 0.5) is 0 Å². The molecule has 1 N–H and O–H groups in total. The Morgan fingerprint density at radius 2 is 1.84 bits per heavy atom. The number of ether oxygens (including phenoxy) is 3.